The van der Waals surface area contributed by atoms with Gasteiger partial charge in [-0.1, -0.05) is 0 Å². The molecule has 10 heteroatoms. The second-order valence-electron chi connectivity index (χ2n) is 8.61. The van der Waals surface area contributed by atoms with E-state index in [2.05, 4.69) is 9.97 Å². The van der Waals surface area contributed by atoms with Gasteiger partial charge in [0.05, 0.1) is 12.8 Å². The van der Waals surface area contributed by atoms with Gasteiger partial charge in [0.15, 0.2) is 0 Å². The molecule has 0 aliphatic carbocycles. The Balaban J connectivity index is 1.71. The average Bonchev–Trinajstić information content (AvgIpc) is 3.43. The molecule has 34 heavy (non-hydrogen) atoms. The molecule has 0 bridgehead atoms. The van der Waals surface area contributed by atoms with Crippen molar-refractivity contribution in [2.24, 2.45) is 5.73 Å². The van der Waals surface area contributed by atoms with E-state index in [9.17, 15) is 19.1 Å². The van der Waals surface area contributed by atoms with E-state index in [4.69, 9.17) is 19.6 Å². The summed E-state index contributed by atoms with van der Waals surface area (Å²) in [6.45, 7) is 3.16. The summed E-state index contributed by atoms with van der Waals surface area (Å²) >= 11 is 0. The third-order valence-electron chi connectivity index (χ3n) is 6.05. The summed E-state index contributed by atoms with van der Waals surface area (Å²) in [5, 5.41) is 11.3. The number of aliphatic hydroxyl groups is 1. The van der Waals surface area contributed by atoms with Crippen LogP contribution in [0.4, 0.5) is 4.39 Å². The number of pyridine rings is 1. The van der Waals surface area contributed by atoms with Gasteiger partial charge in [0.25, 0.3) is 5.89 Å². The lowest BCUT2D eigenvalue weighted by Crippen LogP contribution is -2.40. The van der Waals surface area contributed by atoms with Crippen LogP contribution in [0.25, 0.3) is 11.3 Å². The van der Waals surface area contributed by atoms with Crippen LogP contribution in [0.15, 0.2) is 40.9 Å². The molecule has 3 N–H and O–H groups in total. The Morgan fingerprint density at radius 3 is 2.65 bits per heavy atom. The summed E-state index contributed by atoms with van der Waals surface area (Å²) in [7, 11) is 1.39. The highest BCUT2D eigenvalue weighted by Gasteiger charge is 2.45. The third-order valence-corrected chi connectivity index (χ3v) is 6.05. The molecule has 3 heterocycles. The summed E-state index contributed by atoms with van der Waals surface area (Å²) in [5.74, 6) is -1.13. The standard InChI is InChI=1S/C24H24FN3O6/c1-23(22(26)30)12-33-20-15(23)10-17(28-19(20)13-4-6-14(25)7-5-13)24(2,31)9-8-16(29)21-27-11-18(32-3)34-21/h4-7,10-11,31H,8-9,12H2,1-3H3,(H2,26,30)/t23-,24-/m0/s1. The van der Waals surface area contributed by atoms with E-state index in [1.165, 1.54) is 44.5 Å². The van der Waals surface area contributed by atoms with E-state index >= 15 is 0 Å². The molecule has 0 unspecified atom stereocenters. The average molecular weight is 469 g/mol. The van der Waals surface area contributed by atoms with Gasteiger partial charge in [-0.2, -0.15) is 0 Å². The first-order valence-corrected chi connectivity index (χ1v) is 10.6. The van der Waals surface area contributed by atoms with E-state index in [-0.39, 0.29) is 37.0 Å². The molecule has 0 fully saturated rings. The molecule has 1 aliphatic heterocycles. The van der Waals surface area contributed by atoms with Crippen LogP contribution < -0.4 is 15.2 Å². The number of hydrogen-bond donors (Lipinski definition) is 2. The summed E-state index contributed by atoms with van der Waals surface area (Å²) < 4.78 is 29.4. The molecule has 9 nitrogen and oxygen atoms in total. The summed E-state index contributed by atoms with van der Waals surface area (Å²) in [6, 6.07) is 7.18. The monoisotopic (exact) mass is 469 g/mol. The molecule has 0 saturated carbocycles. The summed E-state index contributed by atoms with van der Waals surface area (Å²) in [4.78, 5) is 33.2. The highest BCUT2D eigenvalue weighted by Crippen LogP contribution is 2.45. The van der Waals surface area contributed by atoms with Crippen molar-refractivity contribution in [3.05, 3.63) is 59.5 Å². The largest absolute Gasteiger partial charge is 0.489 e. The maximum Gasteiger partial charge on any atom is 0.305 e. The van der Waals surface area contributed by atoms with Crippen LogP contribution in [0.1, 0.15) is 48.6 Å². The van der Waals surface area contributed by atoms with Crippen LogP contribution >= 0.6 is 0 Å². The smallest absolute Gasteiger partial charge is 0.305 e. The number of nitrogens with zero attached hydrogens (tertiary/aromatic N) is 2. The lowest BCUT2D eigenvalue weighted by Gasteiger charge is -2.25. The fourth-order valence-corrected chi connectivity index (χ4v) is 3.74. The Bertz CT molecular complexity index is 1250. The number of carbonyl (C=O) groups excluding carboxylic acids is 2. The quantitative estimate of drug-likeness (QED) is 0.481. The van der Waals surface area contributed by atoms with Gasteiger partial charge in [0.2, 0.25) is 11.7 Å². The molecule has 1 aromatic carbocycles. The number of carbonyl (C=O) groups is 2. The van der Waals surface area contributed by atoms with Crippen molar-refractivity contribution in [1.82, 2.24) is 9.97 Å². The van der Waals surface area contributed by atoms with E-state index in [1.807, 2.05) is 0 Å². The van der Waals surface area contributed by atoms with Crippen molar-refractivity contribution in [3.8, 4) is 23.0 Å². The maximum absolute atomic E-state index is 13.5. The number of ketones is 1. The van der Waals surface area contributed by atoms with Crippen LogP contribution in [-0.4, -0.2) is 40.5 Å². The SMILES string of the molecule is COc1cnc(C(=O)CC[C@](C)(O)c2cc3c(c(-c4ccc(F)cc4)n2)OC[C@]3(C)C(N)=O)o1. The zero-order chi connectivity index (χ0) is 24.7. The number of nitrogens with two attached hydrogens (primary N) is 1. The van der Waals surface area contributed by atoms with Gasteiger partial charge < -0.3 is 24.7 Å². The molecule has 0 saturated heterocycles. The molecular formula is C24H24FN3O6. The van der Waals surface area contributed by atoms with Gasteiger partial charge >= 0.3 is 5.95 Å². The van der Waals surface area contributed by atoms with Gasteiger partial charge in [0.1, 0.15) is 41.1 Å². The molecule has 2 aromatic heterocycles. The Hall–Kier alpha value is -3.79. The predicted molar refractivity (Wildman–Crippen MR) is 118 cm³/mol. The van der Waals surface area contributed by atoms with Crippen LogP contribution in [0.5, 0.6) is 11.7 Å². The van der Waals surface area contributed by atoms with E-state index in [0.717, 1.165) is 0 Å². The zero-order valence-corrected chi connectivity index (χ0v) is 18.9. The molecule has 1 amide bonds. The number of hydrogen-bond acceptors (Lipinski definition) is 8. The molecule has 0 spiro atoms. The number of aromatic nitrogens is 2. The molecule has 0 radical (unpaired) electrons. The zero-order valence-electron chi connectivity index (χ0n) is 18.9. The van der Waals surface area contributed by atoms with Crippen LogP contribution in [0.2, 0.25) is 0 Å². The second-order valence-corrected chi connectivity index (χ2v) is 8.61. The summed E-state index contributed by atoms with van der Waals surface area (Å²) in [5.41, 5.74) is 4.49. The van der Waals surface area contributed by atoms with Crippen molar-refractivity contribution in [2.45, 2.75) is 37.7 Å². The number of halogens is 1. The number of Topliss-reactive ketones (excluding diaryl/α,β-unsaturated/α-hetero) is 1. The Morgan fingerprint density at radius 2 is 2.03 bits per heavy atom. The van der Waals surface area contributed by atoms with Crippen LogP contribution in [-0.2, 0) is 15.8 Å². The third kappa shape index (κ3) is 4.12. The van der Waals surface area contributed by atoms with Crippen molar-refractivity contribution in [2.75, 3.05) is 13.7 Å². The minimum atomic E-state index is -1.57. The highest BCUT2D eigenvalue weighted by molar-refractivity contribution is 5.92. The first-order chi connectivity index (χ1) is 16.0. The Morgan fingerprint density at radius 1 is 1.32 bits per heavy atom. The van der Waals surface area contributed by atoms with Crippen LogP contribution in [0, 0.1) is 5.82 Å². The molecular weight excluding hydrogens is 445 g/mol. The lowest BCUT2D eigenvalue weighted by atomic mass is 9.81. The topological polar surface area (TPSA) is 138 Å². The number of rotatable bonds is 8. The van der Waals surface area contributed by atoms with E-state index in [0.29, 0.717) is 22.6 Å². The first-order valence-electron chi connectivity index (χ1n) is 10.6. The fourth-order valence-electron chi connectivity index (χ4n) is 3.74. The van der Waals surface area contributed by atoms with Gasteiger partial charge in [-0.3, -0.25) is 9.59 Å². The summed E-state index contributed by atoms with van der Waals surface area (Å²) in [6.07, 6.45) is 1.18. The van der Waals surface area contributed by atoms with Crippen molar-refractivity contribution >= 4 is 11.7 Å². The van der Waals surface area contributed by atoms with Gasteiger partial charge in [-0.05, 0) is 50.6 Å². The van der Waals surface area contributed by atoms with Crippen LogP contribution in [0.3, 0.4) is 0 Å². The van der Waals surface area contributed by atoms with Gasteiger partial charge in [-0.25, -0.2) is 14.4 Å². The Labute approximate surface area is 194 Å². The van der Waals surface area contributed by atoms with Gasteiger partial charge in [0, 0.05) is 17.5 Å². The van der Waals surface area contributed by atoms with Crippen molar-refractivity contribution < 1.29 is 33.0 Å². The number of amides is 1. The van der Waals surface area contributed by atoms with Crippen molar-refractivity contribution in [1.29, 1.82) is 0 Å². The molecule has 3 aromatic rings. The molecule has 4 rings (SSSR count). The highest BCUT2D eigenvalue weighted by atomic mass is 19.1. The molecule has 2 atom stereocenters. The van der Waals surface area contributed by atoms with Crippen molar-refractivity contribution in [3.63, 3.8) is 0 Å². The molecule has 178 valence electrons. The first kappa shape index (κ1) is 23.4. The molecule has 1 aliphatic rings. The predicted octanol–water partition coefficient (Wildman–Crippen LogP) is 2.89. The maximum atomic E-state index is 13.5. The number of fused-ring (bicyclic) bond motifs is 1. The van der Waals surface area contributed by atoms with E-state index < -0.39 is 28.5 Å². The number of primary amides is 1. The normalized spacial score (nSPS) is 18.6. The van der Waals surface area contributed by atoms with Gasteiger partial charge in [-0.15, -0.1) is 0 Å². The van der Waals surface area contributed by atoms with E-state index in [1.54, 1.807) is 13.0 Å². The number of ether oxygens (including phenoxy) is 2. The second kappa shape index (κ2) is 8.53. The minimum Gasteiger partial charge on any atom is -0.489 e. The number of oxazole rings is 1. The minimum absolute atomic E-state index is 0.00359. The fraction of sp³-hybridized carbons (Fsp3) is 0.333. The number of methoxy groups -OCH3 is 1. The lowest BCUT2D eigenvalue weighted by molar-refractivity contribution is -0.123. The Kier molecular flexibility index (Phi) is 5.86. The number of benzene rings is 1.